The van der Waals surface area contributed by atoms with E-state index >= 15 is 0 Å². The molecule has 24 N–H and O–H groups in total. The summed E-state index contributed by atoms with van der Waals surface area (Å²) in [6, 6.07) is -10.1. The Labute approximate surface area is 874 Å². The molecule has 6 saturated heterocycles. The van der Waals surface area contributed by atoms with Crippen LogP contribution in [0.4, 0.5) is 0 Å². The second kappa shape index (κ2) is 60.1. The summed E-state index contributed by atoms with van der Waals surface area (Å²) < 4.78 is 0. The van der Waals surface area contributed by atoms with E-state index in [0.29, 0.717) is 68.9 Å². The standard InChI is InChI=1S/C98H148N22O27S2/c1-6-55(4)80(101)93(142)108-61(23-11-13-39-100)83(132)106-62(34-36-77(124)125)86(135)112-67(51-121)88(137)105-60(22-10-12-38-99)84(133)110-65(48-58-30-32-59(122)33-31-58)82(131)102-49-76(123)115-40-18-28-74(115)97(146)118-43-16-26-72(118)91(140)114-69(53-149)96(145)120-45-19-29-75(120)98(147)119-44-17-27-73(119)92(141)113-68(52-148)95(144)117-42-15-24-70(117)89(138)104-56(5)94(143)116-41-14-25-71(116)90(139)107-63(35-37-78(126)127)85(134)111-66(47-57-20-8-7-9-21-57)87(136)109-64(46-54(2)3)81(130)103-50-79(128)129/h7-9,20-21,30-33,54-56,60-75,80,121-122,148-149H,6,10-19,22-29,34-53,99-101H2,1-5H3,(H,102,131)(H,103,130)(H,104,138)(H,105,137)(H,106,132)(H,107,139)(H,108,142)(H,109,136)(H,110,133)(H,111,134)(H,112,135)(H,113,141)(H,114,140)(H,124,125)(H,126,127)(H,128,129)/t55-,56-,60-,61-,62-,63-,64-,65-,66-,67-,68-,69-,70-,71-,72-,73-,74-,75-,80-/m0/s1. The SMILES string of the molecule is CC[C@H](C)[C@H](N)C(=O)N[C@@H](CCCCN)C(=O)N[C@@H](CCC(=O)O)C(=O)N[C@@H](CO)C(=O)N[C@@H](CCCCN)C(=O)N[C@@H](Cc1ccc(O)cc1)C(=O)NCC(=O)N1CCC[C@H]1C(=O)N1CCC[C@H]1C(=O)N[C@@H](CS)C(=O)N1CCC[C@H]1C(=O)N1CCC[C@H]1C(=O)N[C@@H](CS)C(=O)N1CCC[C@H]1C(=O)N[C@@H](C)C(=O)N1CCC[C@H]1C(=O)N[C@@H](CCC(=O)O)C(=O)N[C@@H](Cc1ccccc1)C(=O)N[C@@H](CC(C)C)C(=O)NCC(=O)O. The van der Waals surface area contributed by atoms with E-state index in [1.54, 1.807) is 51.1 Å². The van der Waals surface area contributed by atoms with Crippen LogP contribution in [-0.2, 0) is 118 Å². The molecule has 19 atom stereocenters. The smallest absolute Gasteiger partial charge is 0.322 e. The molecule has 6 heterocycles. The highest BCUT2D eigenvalue weighted by Gasteiger charge is 2.50. The highest BCUT2D eigenvalue weighted by molar-refractivity contribution is 7.80. The van der Waals surface area contributed by atoms with Gasteiger partial charge in [-0.2, -0.15) is 25.3 Å². The molecular formula is C98H148N22O27S2. The van der Waals surface area contributed by atoms with Gasteiger partial charge in [-0.15, -0.1) is 0 Å². The van der Waals surface area contributed by atoms with Crippen molar-refractivity contribution in [2.24, 2.45) is 29.0 Å². The van der Waals surface area contributed by atoms with Gasteiger partial charge in [0.1, 0.15) is 115 Å². The Balaban J connectivity index is 0.848. The molecule has 824 valence electrons. The number of hydrogen-bond acceptors (Lipinski definition) is 29. The number of unbranched alkanes of at least 4 members (excludes halogenated alkanes) is 2. The van der Waals surface area contributed by atoms with Crippen LogP contribution in [0.2, 0.25) is 0 Å². The van der Waals surface area contributed by atoms with Crippen molar-refractivity contribution in [3.63, 3.8) is 0 Å². The Bertz CT molecular complexity index is 5030. The lowest BCUT2D eigenvalue weighted by Crippen LogP contribution is -2.60. The molecule has 2 aromatic rings. The summed E-state index contributed by atoms with van der Waals surface area (Å²) in [6.45, 7) is 6.62. The Kier molecular flexibility index (Phi) is 48.9. The molecule has 0 radical (unpaired) electrons. The van der Waals surface area contributed by atoms with Crippen LogP contribution in [0.3, 0.4) is 0 Å². The third kappa shape index (κ3) is 35.7. The summed E-state index contributed by atoms with van der Waals surface area (Å²) in [6.07, 6.45) is 1.88. The Hall–Kier alpha value is -12.9. The molecular weight excluding hydrogens is 1980 g/mol. The molecule has 6 aliphatic rings. The average molecular weight is 2130 g/mol. The van der Waals surface area contributed by atoms with E-state index in [0.717, 1.165) is 0 Å². The fourth-order valence-electron chi connectivity index (χ4n) is 19.1. The summed E-state index contributed by atoms with van der Waals surface area (Å²) in [5.41, 5.74) is 18.6. The fourth-order valence-corrected chi connectivity index (χ4v) is 19.6. The maximum atomic E-state index is 14.8. The largest absolute Gasteiger partial charge is 0.508 e. The van der Waals surface area contributed by atoms with Crippen LogP contribution < -0.4 is 86.3 Å². The number of phenolic OH excluding ortho intramolecular Hbond substituents is 1. The number of aliphatic hydroxyl groups is 1. The molecule has 6 fully saturated rings. The van der Waals surface area contributed by atoms with Crippen molar-refractivity contribution >= 4 is 155 Å². The van der Waals surface area contributed by atoms with Crippen LogP contribution in [0.5, 0.6) is 5.75 Å². The number of aliphatic hydroxyl groups excluding tert-OH is 1. The average Bonchev–Trinajstić information content (AvgIpc) is 1.65. The van der Waals surface area contributed by atoms with Crippen LogP contribution in [0.1, 0.15) is 200 Å². The Morgan fingerprint density at radius 1 is 0.369 bits per heavy atom. The van der Waals surface area contributed by atoms with Crippen molar-refractivity contribution < 1.29 is 131 Å². The molecule has 0 unspecified atom stereocenters. The summed E-state index contributed by atoms with van der Waals surface area (Å²) in [5.74, 6) is -20.6. The van der Waals surface area contributed by atoms with Gasteiger partial charge in [0.15, 0.2) is 0 Å². The summed E-state index contributed by atoms with van der Waals surface area (Å²) in [5, 5.41) is 82.6. The number of aliphatic carboxylic acids is 3. The molecule has 2 aromatic carbocycles. The van der Waals surface area contributed by atoms with E-state index in [1.165, 1.54) is 60.6 Å². The van der Waals surface area contributed by atoms with Crippen LogP contribution in [0, 0.1) is 11.8 Å². The monoisotopic (exact) mass is 2130 g/mol. The summed E-state index contributed by atoms with van der Waals surface area (Å²) in [7, 11) is 0. The fraction of sp³-hybridized carbons (Fsp3) is 0.653. The third-order valence-corrected chi connectivity index (χ3v) is 28.3. The van der Waals surface area contributed by atoms with E-state index in [1.807, 2.05) is 6.92 Å². The van der Waals surface area contributed by atoms with Gasteiger partial charge in [-0.1, -0.05) is 76.6 Å². The summed E-state index contributed by atoms with van der Waals surface area (Å²) in [4.78, 5) is 314. The lowest BCUT2D eigenvalue weighted by molar-refractivity contribution is -0.149. The lowest BCUT2D eigenvalue weighted by Gasteiger charge is -2.34. The van der Waals surface area contributed by atoms with Gasteiger partial charge < -0.3 is 141 Å². The van der Waals surface area contributed by atoms with Crippen LogP contribution >= 0.6 is 25.3 Å². The van der Waals surface area contributed by atoms with E-state index in [9.17, 15) is 131 Å². The zero-order valence-electron chi connectivity index (χ0n) is 84.8. The van der Waals surface area contributed by atoms with Gasteiger partial charge in [0.05, 0.1) is 19.2 Å². The normalized spacial score (nSPS) is 20.1. The number of carboxylic acids is 3. The van der Waals surface area contributed by atoms with E-state index < -0.39 is 284 Å². The first-order chi connectivity index (χ1) is 71.0. The van der Waals surface area contributed by atoms with Gasteiger partial charge in [0.25, 0.3) is 0 Å². The van der Waals surface area contributed by atoms with Crippen molar-refractivity contribution in [3.05, 3.63) is 65.7 Å². The topological polar surface area (TPSA) is 731 Å². The molecule has 51 heteroatoms. The number of hydrogen-bond donors (Lipinski definition) is 23. The number of carboxylic acid groups (broad SMARTS) is 3. The maximum absolute atomic E-state index is 14.8. The molecule has 0 aromatic heterocycles. The van der Waals surface area contributed by atoms with Gasteiger partial charge in [-0.25, -0.2) is 0 Å². The molecule has 0 saturated carbocycles. The lowest BCUT2D eigenvalue weighted by atomic mass is 9.98. The van der Waals surface area contributed by atoms with Crippen molar-refractivity contribution in [1.82, 2.24) is 98.5 Å². The number of rotatable bonds is 58. The molecule has 6 aliphatic heterocycles. The molecule has 19 amide bonds. The summed E-state index contributed by atoms with van der Waals surface area (Å²) >= 11 is 8.88. The molecule has 8 rings (SSSR count). The minimum atomic E-state index is -1.84. The first-order valence-electron chi connectivity index (χ1n) is 51.2. The van der Waals surface area contributed by atoms with E-state index in [4.69, 9.17) is 17.2 Å². The molecule has 0 spiro atoms. The second-order valence-electron chi connectivity index (χ2n) is 38.9. The first-order valence-corrected chi connectivity index (χ1v) is 52.4. The first kappa shape index (κ1) is 121. The van der Waals surface area contributed by atoms with Crippen molar-refractivity contribution in [2.75, 3.05) is 83.6 Å². The second-order valence-corrected chi connectivity index (χ2v) is 39.7. The Morgan fingerprint density at radius 2 is 0.711 bits per heavy atom. The van der Waals surface area contributed by atoms with Gasteiger partial charge in [-0.3, -0.25) is 105 Å². The van der Waals surface area contributed by atoms with Gasteiger partial charge in [-0.05, 0) is 190 Å². The minimum Gasteiger partial charge on any atom is -0.508 e. The van der Waals surface area contributed by atoms with Crippen LogP contribution in [-0.4, -0.2) is 377 Å². The van der Waals surface area contributed by atoms with E-state index in [-0.39, 0.29) is 165 Å². The quantitative estimate of drug-likeness (QED) is 0.0218. The van der Waals surface area contributed by atoms with Crippen molar-refractivity contribution in [2.45, 2.75) is 310 Å². The highest BCUT2D eigenvalue weighted by atomic mass is 32.1. The number of aromatic hydroxyl groups is 1. The van der Waals surface area contributed by atoms with Gasteiger partial charge in [0, 0.05) is 76.5 Å². The number of thiol groups is 2. The number of likely N-dealkylation sites (tertiary alicyclic amines) is 6. The van der Waals surface area contributed by atoms with E-state index in [2.05, 4.69) is 94.4 Å². The number of carbonyl (C=O) groups is 22. The predicted molar refractivity (Wildman–Crippen MR) is 542 cm³/mol. The number of nitrogens with one attached hydrogen (secondary N) is 13. The number of amides is 19. The van der Waals surface area contributed by atoms with Crippen molar-refractivity contribution in [1.29, 1.82) is 0 Å². The van der Waals surface area contributed by atoms with Gasteiger partial charge in [0.2, 0.25) is 112 Å². The number of carbonyl (C=O) groups excluding carboxylic acids is 19. The third-order valence-electron chi connectivity index (χ3n) is 27.5. The molecule has 49 nitrogen and oxygen atoms in total. The minimum absolute atomic E-state index is 0.0146. The number of nitrogens with zero attached hydrogens (tertiary/aromatic N) is 6. The van der Waals surface area contributed by atoms with Crippen LogP contribution in [0.15, 0.2) is 54.6 Å². The number of phenols is 1. The molecule has 149 heavy (non-hydrogen) atoms. The zero-order chi connectivity index (χ0) is 110. The molecule has 0 bridgehead atoms. The van der Waals surface area contributed by atoms with Crippen molar-refractivity contribution in [3.8, 4) is 5.75 Å². The number of nitrogens with two attached hydrogens (primary N) is 3. The highest BCUT2D eigenvalue weighted by Crippen LogP contribution is 2.31. The molecule has 0 aliphatic carbocycles. The Morgan fingerprint density at radius 3 is 1.15 bits per heavy atom. The van der Waals surface area contributed by atoms with Gasteiger partial charge >= 0.3 is 17.9 Å². The maximum Gasteiger partial charge on any atom is 0.322 e. The van der Waals surface area contributed by atoms with Crippen LogP contribution in [0.25, 0.3) is 0 Å². The number of benzene rings is 2. The predicted octanol–water partition coefficient (Wildman–Crippen LogP) is -4.95. The zero-order valence-corrected chi connectivity index (χ0v) is 86.6.